The minimum Gasteiger partial charge on any atom is -0.496 e. The van der Waals surface area contributed by atoms with Gasteiger partial charge in [-0.25, -0.2) is 4.98 Å². The Morgan fingerprint density at radius 1 is 1.40 bits per heavy atom. The van der Waals surface area contributed by atoms with E-state index in [2.05, 4.69) is 4.98 Å². The number of ether oxygens (including phenoxy) is 1. The molecule has 1 atom stereocenters. The summed E-state index contributed by atoms with van der Waals surface area (Å²) in [7, 11) is 3.62. The highest BCUT2D eigenvalue weighted by Gasteiger charge is 2.14. The van der Waals surface area contributed by atoms with Crippen LogP contribution in [0.2, 0.25) is 0 Å². The maximum absolute atomic E-state index is 7.49. The number of nitrogens with zero attached hydrogens (tertiary/aromatic N) is 2. The predicted molar refractivity (Wildman–Crippen MR) is 82.6 cm³/mol. The molecule has 0 amide bonds. The van der Waals surface area contributed by atoms with E-state index in [4.69, 9.17) is 15.9 Å². The molecule has 1 aromatic heterocycles. The largest absolute Gasteiger partial charge is 0.496 e. The van der Waals surface area contributed by atoms with E-state index in [1.54, 1.807) is 13.3 Å². The molecule has 3 N–H and O–H groups in total. The number of hydrogen-bond donors (Lipinski definition) is 2. The summed E-state index contributed by atoms with van der Waals surface area (Å²) in [5.41, 5.74) is 5.54. The number of amidine groups is 1. The van der Waals surface area contributed by atoms with Gasteiger partial charge in [-0.1, -0.05) is 19.1 Å². The highest BCUT2D eigenvalue weighted by Crippen LogP contribution is 2.30. The van der Waals surface area contributed by atoms with Crippen molar-refractivity contribution < 1.29 is 4.74 Å². The first-order chi connectivity index (χ1) is 9.54. The number of anilines is 1. The van der Waals surface area contributed by atoms with Crippen molar-refractivity contribution in [2.45, 2.75) is 6.92 Å². The van der Waals surface area contributed by atoms with Crippen LogP contribution >= 0.6 is 0 Å². The number of rotatable bonds is 5. The first-order valence-electron chi connectivity index (χ1n) is 6.51. The fourth-order valence-electron chi connectivity index (χ4n) is 2.24. The minimum atomic E-state index is -0.0114. The zero-order valence-corrected chi connectivity index (χ0v) is 12.1. The van der Waals surface area contributed by atoms with E-state index < -0.39 is 0 Å². The van der Waals surface area contributed by atoms with Gasteiger partial charge in [0.2, 0.25) is 0 Å². The van der Waals surface area contributed by atoms with Gasteiger partial charge in [0.1, 0.15) is 11.6 Å². The number of nitrogens with one attached hydrogen (secondary N) is 1. The summed E-state index contributed by atoms with van der Waals surface area (Å²) in [5.74, 6) is 1.88. The monoisotopic (exact) mass is 272 g/mol. The summed E-state index contributed by atoms with van der Waals surface area (Å²) in [6.07, 6.45) is 1.77. The van der Waals surface area contributed by atoms with E-state index in [-0.39, 0.29) is 11.8 Å². The van der Waals surface area contributed by atoms with Crippen LogP contribution in [0, 0.1) is 11.3 Å². The van der Waals surface area contributed by atoms with Crippen LogP contribution in [0.5, 0.6) is 5.75 Å². The normalized spacial score (nSPS) is 12.2. The van der Waals surface area contributed by atoms with Crippen molar-refractivity contribution in [2.24, 2.45) is 11.7 Å². The van der Waals surface area contributed by atoms with Crippen LogP contribution in [0.15, 0.2) is 30.5 Å². The van der Waals surface area contributed by atoms with Gasteiger partial charge in [-0.15, -0.1) is 0 Å². The van der Waals surface area contributed by atoms with Gasteiger partial charge in [-0.2, -0.15) is 0 Å². The molecule has 0 bridgehead atoms. The molecule has 0 saturated heterocycles. The van der Waals surface area contributed by atoms with E-state index in [0.717, 1.165) is 22.3 Å². The van der Waals surface area contributed by atoms with Crippen molar-refractivity contribution >= 4 is 22.4 Å². The smallest absolute Gasteiger partial charge is 0.136 e. The second-order valence-electron chi connectivity index (χ2n) is 4.93. The van der Waals surface area contributed by atoms with Crippen LogP contribution in [0.1, 0.15) is 6.92 Å². The van der Waals surface area contributed by atoms with Gasteiger partial charge in [0, 0.05) is 36.5 Å². The number of methoxy groups -OCH3 is 1. The highest BCUT2D eigenvalue weighted by atomic mass is 16.5. The highest BCUT2D eigenvalue weighted by molar-refractivity contribution is 5.96. The summed E-state index contributed by atoms with van der Waals surface area (Å²) < 4.78 is 5.38. The molecule has 1 heterocycles. The van der Waals surface area contributed by atoms with Crippen molar-refractivity contribution in [3.63, 3.8) is 0 Å². The minimum absolute atomic E-state index is 0.0114. The Hall–Kier alpha value is -2.30. The van der Waals surface area contributed by atoms with Gasteiger partial charge < -0.3 is 15.4 Å². The summed E-state index contributed by atoms with van der Waals surface area (Å²) in [6, 6.07) is 7.86. The molecule has 0 aliphatic heterocycles. The van der Waals surface area contributed by atoms with Crippen LogP contribution < -0.4 is 15.4 Å². The van der Waals surface area contributed by atoms with Gasteiger partial charge in [0.25, 0.3) is 0 Å². The van der Waals surface area contributed by atoms with Crippen molar-refractivity contribution in [3.05, 3.63) is 30.5 Å². The molecule has 5 heteroatoms. The second-order valence-corrected chi connectivity index (χ2v) is 4.93. The average Bonchev–Trinajstić information content (AvgIpc) is 2.45. The first kappa shape index (κ1) is 14.1. The van der Waals surface area contributed by atoms with Crippen LogP contribution in [0.4, 0.5) is 5.82 Å². The summed E-state index contributed by atoms with van der Waals surface area (Å²) in [5, 5.41) is 9.56. The van der Waals surface area contributed by atoms with Crippen LogP contribution in [0.25, 0.3) is 10.8 Å². The molecule has 0 aliphatic rings. The molecule has 5 nitrogen and oxygen atoms in total. The SMILES string of the molecule is COc1cccc2c(N(C)CC(C)C(=N)N)nccc12. The lowest BCUT2D eigenvalue weighted by atomic mass is 10.1. The molecule has 0 spiro atoms. The predicted octanol–water partition coefficient (Wildman–Crippen LogP) is 2.25. The molecule has 0 aliphatic carbocycles. The lowest BCUT2D eigenvalue weighted by molar-refractivity contribution is 0.420. The van der Waals surface area contributed by atoms with E-state index in [1.807, 2.05) is 43.1 Å². The van der Waals surface area contributed by atoms with Crippen LogP contribution in [-0.4, -0.2) is 31.5 Å². The topological polar surface area (TPSA) is 75.2 Å². The van der Waals surface area contributed by atoms with Crippen molar-refractivity contribution in [2.75, 3.05) is 25.6 Å². The number of nitrogens with two attached hydrogens (primary N) is 1. The van der Waals surface area contributed by atoms with E-state index in [0.29, 0.717) is 6.54 Å². The van der Waals surface area contributed by atoms with Gasteiger partial charge in [-0.05, 0) is 12.1 Å². The van der Waals surface area contributed by atoms with E-state index in [1.165, 1.54) is 0 Å². The molecular weight excluding hydrogens is 252 g/mol. The lowest BCUT2D eigenvalue weighted by Gasteiger charge is -2.23. The molecule has 0 fully saturated rings. The molecule has 2 rings (SSSR count). The lowest BCUT2D eigenvalue weighted by Crippen LogP contribution is -2.32. The molecule has 0 radical (unpaired) electrons. The molecule has 2 aromatic rings. The number of hydrogen-bond acceptors (Lipinski definition) is 4. The number of benzene rings is 1. The third kappa shape index (κ3) is 2.66. The quantitative estimate of drug-likeness (QED) is 0.646. The van der Waals surface area contributed by atoms with Crippen molar-refractivity contribution in [3.8, 4) is 5.75 Å². The molecule has 1 unspecified atom stereocenters. The zero-order chi connectivity index (χ0) is 14.7. The Balaban J connectivity index is 2.42. The standard InChI is InChI=1S/C15H20N4O/c1-10(14(16)17)9-19(2)15-12-5-4-6-13(20-3)11(12)7-8-18-15/h4-8,10H,9H2,1-3H3,(H3,16,17). The Morgan fingerprint density at radius 2 is 2.15 bits per heavy atom. The molecule has 1 aromatic carbocycles. The van der Waals surface area contributed by atoms with Crippen LogP contribution in [-0.2, 0) is 0 Å². The Morgan fingerprint density at radius 3 is 2.80 bits per heavy atom. The van der Waals surface area contributed by atoms with Crippen LogP contribution in [0.3, 0.4) is 0 Å². The maximum atomic E-state index is 7.49. The fraction of sp³-hybridized carbons (Fsp3) is 0.333. The fourth-order valence-corrected chi connectivity index (χ4v) is 2.24. The molecule has 0 saturated carbocycles. The second kappa shape index (κ2) is 5.77. The number of pyridine rings is 1. The number of fused-ring (bicyclic) bond motifs is 1. The molecule has 20 heavy (non-hydrogen) atoms. The molecule has 106 valence electrons. The molecular formula is C15H20N4O. The van der Waals surface area contributed by atoms with Crippen molar-refractivity contribution in [1.29, 1.82) is 5.41 Å². The zero-order valence-electron chi connectivity index (χ0n) is 12.1. The Kier molecular flexibility index (Phi) is 4.08. The van der Waals surface area contributed by atoms with Gasteiger partial charge >= 0.3 is 0 Å². The number of aromatic nitrogens is 1. The van der Waals surface area contributed by atoms with E-state index in [9.17, 15) is 0 Å². The van der Waals surface area contributed by atoms with Gasteiger partial charge in [0.15, 0.2) is 0 Å². The Labute approximate surface area is 118 Å². The Bertz CT molecular complexity index is 626. The van der Waals surface area contributed by atoms with E-state index >= 15 is 0 Å². The van der Waals surface area contributed by atoms with Crippen molar-refractivity contribution in [1.82, 2.24) is 4.98 Å². The first-order valence-corrected chi connectivity index (χ1v) is 6.51. The maximum Gasteiger partial charge on any atom is 0.136 e. The third-order valence-corrected chi connectivity index (χ3v) is 3.41. The van der Waals surface area contributed by atoms with Gasteiger partial charge in [-0.3, -0.25) is 5.41 Å². The third-order valence-electron chi connectivity index (χ3n) is 3.41. The average molecular weight is 272 g/mol. The van der Waals surface area contributed by atoms with Gasteiger partial charge in [0.05, 0.1) is 12.9 Å². The summed E-state index contributed by atoms with van der Waals surface area (Å²) in [4.78, 5) is 6.48. The summed E-state index contributed by atoms with van der Waals surface area (Å²) >= 11 is 0. The summed E-state index contributed by atoms with van der Waals surface area (Å²) in [6.45, 7) is 2.59.